The average Bonchev–Trinajstić information content (AvgIpc) is 2.76. The number of hydrogen-bond donors (Lipinski definition) is 0. The summed E-state index contributed by atoms with van der Waals surface area (Å²) in [6.45, 7) is 0. The van der Waals surface area contributed by atoms with Crippen molar-refractivity contribution in [2.24, 2.45) is 0 Å². The molecule has 0 atom stereocenters. The number of aromatic nitrogens is 2. The first kappa shape index (κ1) is 9.77. The molecule has 0 fully saturated rings. The van der Waals surface area contributed by atoms with Crippen LogP contribution in [0.25, 0.3) is 22.3 Å². The molecular weight excluding hydrogens is 315 g/mol. The van der Waals surface area contributed by atoms with Gasteiger partial charge in [0.1, 0.15) is 5.76 Å². The van der Waals surface area contributed by atoms with E-state index < -0.39 is 0 Å². The molecule has 0 unspecified atom stereocenters. The quantitative estimate of drug-likeness (QED) is 0.644. The van der Waals surface area contributed by atoms with Gasteiger partial charge in [0.05, 0.1) is 3.57 Å². The molecule has 0 aliphatic rings. The Balaban J connectivity index is 2.23. The zero-order valence-electron chi connectivity index (χ0n) is 8.22. The summed E-state index contributed by atoms with van der Waals surface area (Å²) in [6.07, 6.45) is 7.13. The van der Waals surface area contributed by atoms with Crippen molar-refractivity contribution < 1.29 is 4.42 Å². The van der Waals surface area contributed by atoms with Gasteiger partial charge in [0, 0.05) is 35.7 Å². The molecule has 0 radical (unpaired) electrons. The minimum Gasteiger partial charge on any atom is -0.455 e. The monoisotopic (exact) mass is 322 g/mol. The minimum absolute atomic E-state index is 0.828. The Morgan fingerprint density at radius 3 is 2.81 bits per heavy atom. The second-order valence-electron chi connectivity index (χ2n) is 3.39. The molecule has 78 valence electrons. The van der Waals surface area contributed by atoms with E-state index in [2.05, 4.69) is 32.6 Å². The predicted molar refractivity (Wildman–Crippen MR) is 70.0 cm³/mol. The van der Waals surface area contributed by atoms with Crippen LogP contribution < -0.4 is 0 Å². The highest BCUT2D eigenvalue weighted by molar-refractivity contribution is 14.1. The highest BCUT2D eigenvalue weighted by Crippen LogP contribution is 2.29. The van der Waals surface area contributed by atoms with Crippen LogP contribution in [0.2, 0.25) is 0 Å². The van der Waals surface area contributed by atoms with Crippen LogP contribution >= 0.6 is 22.6 Å². The SMILES string of the molecule is Ic1cncc2cc(-c3cccnc3)oc12. The number of halogens is 1. The Morgan fingerprint density at radius 2 is 2.06 bits per heavy atom. The van der Waals surface area contributed by atoms with Crippen LogP contribution in [0.15, 0.2) is 47.4 Å². The van der Waals surface area contributed by atoms with E-state index in [-0.39, 0.29) is 0 Å². The first-order chi connectivity index (χ1) is 7.84. The van der Waals surface area contributed by atoms with Gasteiger partial charge in [-0.2, -0.15) is 0 Å². The minimum atomic E-state index is 0.828. The largest absolute Gasteiger partial charge is 0.455 e. The molecule has 0 saturated heterocycles. The molecule has 4 heteroatoms. The number of pyridine rings is 2. The molecule has 0 amide bonds. The molecule has 0 aliphatic carbocycles. The summed E-state index contributed by atoms with van der Waals surface area (Å²) in [5.41, 5.74) is 1.86. The standard InChI is InChI=1S/C12H7IN2O/c13-10-7-15-6-9-4-11(16-12(9)10)8-2-1-3-14-5-8/h1-7H. The second-order valence-corrected chi connectivity index (χ2v) is 4.55. The number of furan rings is 1. The first-order valence-electron chi connectivity index (χ1n) is 4.78. The van der Waals surface area contributed by atoms with E-state index in [0.717, 1.165) is 25.9 Å². The lowest BCUT2D eigenvalue weighted by Crippen LogP contribution is -1.74. The molecule has 3 heterocycles. The van der Waals surface area contributed by atoms with Crippen molar-refractivity contribution in [2.75, 3.05) is 0 Å². The summed E-state index contributed by atoms with van der Waals surface area (Å²) >= 11 is 2.22. The molecule has 0 saturated carbocycles. The first-order valence-corrected chi connectivity index (χ1v) is 5.86. The Bertz CT molecular complexity index is 634. The molecule has 16 heavy (non-hydrogen) atoms. The lowest BCUT2D eigenvalue weighted by atomic mass is 10.2. The molecule has 3 aromatic rings. The molecular formula is C12H7IN2O. The van der Waals surface area contributed by atoms with E-state index in [1.807, 2.05) is 18.2 Å². The van der Waals surface area contributed by atoms with Gasteiger partial charge in [0.25, 0.3) is 0 Å². The Hall–Kier alpha value is -1.43. The van der Waals surface area contributed by atoms with Gasteiger partial charge < -0.3 is 4.42 Å². The maximum absolute atomic E-state index is 5.80. The molecule has 3 nitrogen and oxygen atoms in total. The van der Waals surface area contributed by atoms with E-state index in [1.165, 1.54) is 0 Å². The summed E-state index contributed by atoms with van der Waals surface area (Å²) in [6, 6.07) is 5.86. The van der Waals surface area contributed by atoms with E-state index in [0.29, 0.717) is 0 Å². The lowest BCUT2D eigenvalue weighted by Gasteiger charge is -1.93. The highest BCUT2D eigenvalue weighted by atomic mass is 127. The fourth-order valence-electron chi connectivity index (χ4n) is 1.58. The van der Waals surface area contributed by atoms with Crippen molar-refractivity contribution in [3.63, 3.8) is 0 Å². The van der Waals surface area contributed by atoms with E-state index >= 15 is 0 Å². The van der Waals surface area contributed by atoms with Gasteiger partial charge in [-0.15, -0.1) is 0 Å². The summed E-state index contributed by atoms with van der Waals surface area (Å²) in [5.74, 6) is 0.828. The number of hydrogen-bond acceptors (Lipinski definition) is 3. The van der Waals surface area contributed by atoms with Crippen molar-refractivity contribution in [2.45, 2.75) is 0 Å². The van der Waals surface area contributed by atoms with E-state index in [9.17, 15) is 0 Å². The lowest BCUT2D eigenvalue weighted by molar-refractivity contribution is 0.628. The van der Waals surface area contributed by atoms with Gasteiger partial charge in [0.15, 0.2) is 5.58 Å². The molecule has 0 N–H and O–H groups in total. The fraction of sp³-hybridized carbons (Fsp3) is 0. The van der Waals surface area contributed by atoms with Crippen LogP contribution in [0.3, 0.4) is 0 Å². The topological polar surface area (TPSA) is 38.9 Å². The Morgan fingerprint density at radius 1 is 1.12 bits per heavy atom. The molecule has 0 aliphatic heterocycles. The normalized spacial score (nSPS) is 10.8. The summed E-state index contributed by atoms with van der Waals surface area (Å²) < 4.78 is 6.82. The van der Waals surface area contributed by atoms with E-state index in [1.54, 1.807) is 24.8 Å². The average molecular weight is 322 g/mol. The molecule has 3 aromatic heterocycles. The third-order valence-electron chi connectivity index (χ3n) is 2.33. The third kappa shape index (κ3) is 1.59. The summed E-state index contributed by atoms with van der Waals surface area (Å²) in [4.78, 5) is 8.21. The van der Waals surface area contributed by atoms with Crippen LogP contribution in [-0.4, -0.2) is 9.97 Å². The van der Waals surface area contributed by atoms with Crippen molar-refractivity contribution in [1.82, 2.24) is 9.97 Å². The highest BCUT2D eigenvalue weighted by Gasteiger charge is 2.08. The predicted octanol–water partition coefficient (Wildman–Crippen LogP) is 3.49. The van der Waals surface area contributed by atoms with Crippen LogP contribution in [0, 0.1) is 3.57 Å². The molecule has 0 spiro atoms. The molecule has 3 rings (SSSR count). The van der Waals surface area contributed by atoms with E-state index in [4.69, 9.17) is 4.42 Å². The smallest absolute Gasteiger partial charge is 0.151 e. The van der Waals surface area contributed by atoms with Crippen LogP contribution in [0.4, 0.5) is 0 Å². The van der Waals surface area contributed by atoms with Crippen LogP contribution in [0.1, 0.15) is 0 Å². The van der Waals surface area contributed by atoms with Crippen LogP contribution in [-0.2, 0) is 0 Å². The number of fused-ring (bicyclic) bond motifs is 1. The zero-order valence-corrected chi connectivity index (χ0v) is 10.4. The number of nitrogens with zero attached hydrogens (tertiary/aromatic N) is 2. The van der Waals surface area contributed by atoms with Crippen molar-refractivity contribution in [3.05, 3.63) is 46.6 Å². The zero-order chi connectivity index (χ0) is 11.0. The second kappa shape index (κ2) is 3.86. The molecule has 0 bridgehead atoms. The van der Waals surface area contributed by atoms with Gasteiger partial charge >= 0.3 is 0 Å². The summed E-state index contributed by atoms with van der Waals surface area (Å²) in [7, 11) is 0. The summed E-state index contributed by atoms with van der Waals surface area (Å²) in [5, 5.41) is 1.02. The van der Waals surface area contributed by atoms with Gasteiger partial charge in [0.2, 0.25) is 0 Å². The van der Waals surface area contributed by atoms with Gasteiger partial charge in [-0.25, -0.2) is 0 Å². The molecule has 0 aromatic carbocycles. The van der Waals surface area contributed by atoms with Gasteiger partial charge in [-0.05, 0) is 40.8 Å². The van der Waals surface area contributed by atoms with Crippen molar-refractivity contribution in [1.29, 1.82) is 0 Å². The van der Waals surface area contributed by atoms with Gasteiger partial charge in [-0.3, -0.25) is 9.97 Å². The van der Waals surface area contributed by atoms with Gasteiger partial charge in [-0.1, -0.05) is 0 Å². The fourth-order valence-corrected chi connectivity index (χ4v) is 2.16. The van der Waals surface area contributed by atoms with Crippen molar-refractivity contribution >= 4 is 33.6 Å². The maximum Gasteiger partial charge on any atom is 0.151 e. The Labute approximate surface area is 106 Å². The Kier molecular flexibility index (Phi) is 2.36. The number of rotatable bonds is 1. The van der Waals surface area contributed by atoms with Crippen LogP contribution in [0.5, 0.6) is 0 Å². The van der Waals surface area contributed by atoms with Crippen molar-refractivity contribution in [3.8, 4) is 11.3 Å². The maximum atomic E-state index is 5.80. The third-order valence-corrected chi connectivity index (χ3v) is 3.09.